The monoisotopic (exact) mass is 328 g/mol. The highest BCUT2D eigenvalue weighted by Crippen LogP contribution is 2.37. The highest BCUT2D eigenvalue weighted by Gasteiger charge is 2.34. The Hall–Kier alpha value is -0.450. The second-order valence-electron chi connectivity index (χ2n) is 5.74. The highest BCUT2D eigenvalue weighted by atomic mass is 79.9. The maximum absolute atomic E-state index is 13.2. The molecule has 4 heteroatoms. The summed E-state index contributed by atoms with van der Waals surface area (Å²) in [6, 6.07) is 5.71. The Morgan fingerprint density at radius 1 is 1.42 bits per heavy atom. The zero-order valence-electron chi connectivity index (χ0n) is 11.6. The topological polar surface area (TPSA) is 29.3 Å². The average molecular weight is 329 g/mol. The summed E-state index contributed by atoms with van der Waals surface area (Å²) in [5.41, 5.74) is 7.09. The van der Waals surface area contributed by atoms with Crippen molar-refractivity contribution in [3.8, 4) is 0 Å². The summed E-state index contributed by atoms with van der Waals surface area (Å²) in [6.07, 6.45) is 2.50. The lowest BCUT2D eigenvalue weighted by molar-refractivity contribution is 0.169. The van der Waals surface area contributed by atoms with E-state index in [1.54, 1.807) is 0 Å². The van der Waals surface area contributed by atoms with E-state index in [9.17, 15) is 4.39 Å². The maximum atomic E-state index is 13.2. The van der Waals surface area contributed by atoms with Gasteiger partial charge in [-0.1, -0.05) is 35.8 Å². The normalized spacial score (nSPS) is 17.2. The van der Waals surface area contributed by atoms with Gasteiger partial charge in [0.25, 0.3) is 0 Å². The first kappa shape index (κ1) is 14.9. The van der Waals surface area contributed by atoms with Gasteiger partial charge in [-0.25, -0.2) is 4.39 Å². The molecule has 0 heterocycles. The quantitative estimate of drug-likeness (QED) is 0.862. The lowest BCUT2D eigenvalue weighted by Gasteiger charge is -2.33. The van der Waals surface area contributed by atoms with E-state index < -0.39 is 0 Å². The second-order valence-corrected chi connectivity index (χ2v) is 6.59. The van der Waals surface area contributed by atoms with Crippen molar-refractivity contribution in [2.24, 2.45) is 11.7 Å². The SMILES string of the molecule is CC(C)CN(C1CC1)C(CN)c1ccc(F)cc1Br. The van der Waals surface area contributed by atoms with Crippen LogP contribution in [0.25, 0.3) is 0 Å². The molecule has 106 valence electrons. The number of hydrogen-bond acceptors (Lipinski definition) is 2. The number of benzene rings is 1. The Morgan fingerprint density at radius 2 is 2.11 bits per heavy atom. The van der Waals surface area contributed by atoms with E-state index in [4.69, 9.17) is 5.73 Å². The molecule has 0 spiro atoms. The first-order valence-electron chi connectivity index (χ1n) is 6.93. The van der Waals surface area contributed by atoms with Crippen molar-refractivity contribution in [1.29, 1.82) is 0 Å². The Balaban J connectivity index is 2.25. The molecule has 2 rings (SSSR count). The van der Waals surface area contributed by atoms with Crippen LogP contribution >= 0.6 is 15.9 Å². The van der Waals surface area contributed by atoms with Crippen LogP contribution in [-0.2, 0) is 0 Å². The van der Waals surface area contributed by atoms with Crippen LogP contribution in [0.2, 0.25) is 0 Å². The molecule has 1 fully saturated rings. The number of nitrogens with zero attached hydrogens (tertiary/aromatic N) is 1. The van der Waals surface area contributed by atoms with Crippen LogP contribution in [0.1, 0.15) is 38.3 Å². The minimum Gasteiger partial charge on any atom is -0.329 e. The van der Waals surface area contributed by atoms with Crippen LogP contribution in [0.4, 0.5) is 4.39 Å². The summed E-state index contributed by atoms with van der Waals surface area (Å²) in [4.78, 5) is 2.49. The van der Waals surface area contributed by atoms with Crippen LogP contribution in [0.5, 0.6) is 0 Å². The van der Waals surface area contributed by atoms with E-state index in [-0.39, 0.29) is 11.9 Å². The molecule has 0 radical (unpaired) electrons. The van der Waals surface area contributed by atoms with Gasteiger partial charge in [-0.05, 0) is 36.5 Å². The Labute approximate surface area is 123 Å². The Kier molecular flexibility index (Phi) is 4.98. The fourth-order valence-corrected chi connectivity index (χ4v) is 3.19. The molecule has 1 saturated carbocycles. The predicted octanol–water partition coefficient (Wildman–Crippen LogP) is 3.71. The van der Waals surface area contributed by atoms with Crippen molar-refractivity contribution in [2.75, 3.05) is 13.1 Å². The molecule has 2 N–H and O–H groups in total. The average Bonchev–Trinajstić information content (AvgIpc) is 3.14. The van der Waals surface area contributed by atoms with Crippen LogP contribution in [0, 0.1) is 11.7 Å². The molecule has 0 saturated heterocycles. The van der Waals surface area contributed by atoms with E-state index in [2.05, 4.69) is 34.7 Å². The fourth-order valence-electron chi connectivity index (χ4n) is 2.57. The zero-order chi connectivity index (χ0) is 14.0. The number of nitrogens with two attached hydrogens (primary N) is 1. The summed E-state index contributed by atoms with van der Waals surface area (Å²) >= 11 is 3.47. The lowest BCUT2D eigenvalue weighted by atomic mass is 10.0. The number of hydrogen-bond donors (Lipinski definition) is 1. The molecule has 1 aromatic rings. The van der Waals surface area contributed by atoms with Gasteiger partial charge in [0.15, 0.2) is 0 Å². The number of rotatable bonds is 6. The molecule has 19 heavy (non-hydrogen) atoms. The summed E-state index contributed by atoms with van der Waals surface area (Å²) in [6.45, 7) is 6.05. The van der Waals surface area contributed by atoms with Gasteiger partial charge in [0, 0.05) is 29.6 Å². The van der Waals surface area contributed by atoms with Crippen molar-refractivity contribution in [1.82, 2.24) is 4.90 Å². The molecule has 1 unspecified atom stereocenters. The van der Waals surface area contributed by atoms with E-state index >= 15 is 0 Å². The third-order valence-electron chi connectivity index (χ3n) is 3.54. The van der Waals surface area contributed by atoms with Crippen LogP contribution in [0.15, 0.2) is 22.7 Å². The van der Waals surface area contributed by atoms with Crippen molar-refractivity contribution in [2.45, 2.75) is 38.8 Å². The molecular weight excluding hydrogens is 307 g/mol. The van der Waals surface area contributed by atoms with E-state index in [1.165, 1.54) is 25.0 Å². The minimum absolute atomic E-state index is 0.171. The van der Waals surface area contributed by atoms with E-state index in [0.29, 0.717) is 18.5 Å². The zero-order valence-corrected chi connectivity index (χ0v) is 13.2. The van der Waals surface area contributed by atoms with Gasteiger partial charge < -0.3 is 5.73 Å². The summed E-state index contributed by atoms with van der Waals surface area (Å²) in [5, 5.41) is 0. The molecule has 1 aliphatic rings. The van der Waals surface area contributed by atoms with Crippen molar-refractivity contribution in [3.05, 3.63) is 34.1 Å². The summed E-state index contributed by atoms with van der Waals surface area (Å²) in [7, 11) is 0. The number of halogens is 2. The largest absolute Gasteiger partial charge is 0.329 e. The minimum atomic E-state index is -0.215. The molecule has 1 atom stereocenters. The van der Waals surface area contributed by atoms with Gasteiger partial charge in [-0.2, -0.15) is 0 Å². The Bertz CT molecular complexity index is 432. The van der Waals surface area contributed by atoms with Gasteiger partial charge in [0.05, 0.1) is 0 Å². The molecule has 0 aromatic heterocycles. The van der Waals surface area contributed by atoms with Crippen LogP contribution in [-0.4, -0.2) is 24.0 Å². The predicted molar refractivity (Wildman–Crippen MR) is 80.5 cm³/mol. The molecule has 1 aromatic carbocycles. The molecule has 0 amide bonds. The van der Waals surface area contributed by atoms with Gasteiger partial charge >= 0.3 is 0 Å². The smallest absolute Gasteiger partial charge is 0.124 e. The van der Waals surface area contributed by atoms with E-state index in [0.717, 1.165) is 16.6 Å². The van der Waals surface area contributed by atoms with Crippen LogP contribution < -0.4 is 5.73 Å². The lowest BCUT2D eigenvalue weighted by Crippen LogP contribution is -2.38. The van der Waals surface area contributed by atoms with Gasteiger partial charge in [0.2, 0.25) is 0 Å². The molecule has 0 aliphatic heterocycles. The third-order valence-corrected chi connectivity index (χ3v) is 4.22. The van der Waals surface area contributed by atoms with Crippen molar-refractivity contribution < 1.29 is 4.39 Å². The summed E-state index contributed by atoms with van der Waals surface area (Å²) < 4.78 is 14.0. The molecule has 0 bridgehead atoms. The first-order valence-corrected chi connectivity index (χ1v) is 7.73. The maximum Gasteiger partial charge on any atom is 0.124 e. The summed E-state index contributed by atoms with van der Waals surface area (Å²) in [5.74, 6) is 0.391. The highest BCUT2D eigenvalue weighted by molar-refractivity contribution is 9.10. The molecular formula is C15H22BrFN2. The molecule has 1 aliphatic carbocycles. The first-order chi connectivity index (χ1) is 9.02. The molecule has 2 nitrogen and oxygen atoms in total. The van der Waals surface area contributed by atoms with E-state index in [1.807, 2.05) is 6.07 Å². The third kappa shape index (κ3) is 3.77. The van der Waals surface area contributed by atoms with Gasteiger partial charge in [-0.15, -0.1) is 0 Å². The second kappa shape index (κ2) is 6.33. The van der Waals surface area contributed by atoms with Crippen LogP contribution in [0.3, 0.4) is 0 Å². The standard InChI is InChI=1S/C15H22BrFN2/c1-10(2)9-19(12-4-5-12)15(8-18)13-6-3-11(17)7-14(13)16/h3,6-7,10,12,15H,4-5,8-9,18H2,1-2H3. The van der Waals surface area contributed by atoms with Gasteiger partial charge in [-0.3, -0.25) is 4.90 Å². The van der Waals surface area contributed by atoms with Crippen molar-refractivity contribution >= 4 is 15.9 Å². The fraction of sp³-hybridized carbons (Fsp3) is 0.600. The van der Waals surface area contributed by atoms with Gasteiger partial charge in [0.1, 0.15) is 5.82 Å². The van der Waals surface area contributed by atoms with Crippen molar-refractivity contribution in [3.63, 3.8) is 0 Å². The Morgan fingerprint density at radius 3 is 2.58 bits per heavy atom.